The van der Waals surface area contributed by atoms with Crippen LogP contribution in [0.15, 0.2) is 48.5 Å². The van der Waals surface area contributed by atoms with Crippen molar-refractivity contribution in [2.45, 2.75) is 50.6 Å². The average molecular weight is 475 g/mol. The van der Waals surface area contributed by atoms with Crippen molar-refractivity contribution >= 4 is 29.3 Å². The molecule has 0 unspecified atom stereocenters. The zero-order valence-electron chi connectivity index (χ0n) is 19.7. The molecule has 8 heteroatoms. The van der Waals surface area contributed by atoms with Crippen molar-refractivity contribution in [3.63, 3.8) is 0 Å². The van der Waals surface area contributed by atoms with Crippen molar-refractivity contribution in [1.82, 2.24) is 15.1 Å². The van der Waals surface area contributed by atoms with E-state index in [-0.39, 0.29) is 36.6 Å². The molecule has 35 heavy (non-hydrogen) atoms. The molecular weight excluding hydrogens is 444 g/mol. The molecule has 182 valence electrons. The standard InChI is InChI=1S/C27H30N4O4/c32-23(29-21-9-6-8-19(15-21)25(34)30-14-13-28-24(33)18-30)16-27(11-4-1-5-12-27)31-17-20-7-2-3-10-22(20)26(31)35/h2-3,6-10,15H,1,4-5,11-14,16-18H2,(H,28,33)(H,29,32). The molecule has 1 saturated heterocycles. The minimum atomic E-state index is -0.507. The topological polar surface area (TPSA) is 98.8 Å². The number of anilines is 1. The summed E-state index contributed by atoms with van der Waals surface area (Å²) in [7, 11) is 0. The van der Waals surface area contributed by atoms with Crippen LogP contribution in [0.3, 0.4) is 0 Å². The summed E-state index contributed by atoms with van der Waals surface area (Å²) in [6.07, 6.45) is 4.90. The van der Waals surface area contributed by atoms with Gasteiger partial charge in [-0.2, -0.15) is 0 Å². The van der Waals surface area contributed by atoms with Gasteiger partial charge >= 0.3 is 0 Å². The molecule has 0 aromatic heterocycles. The number of hydrogen-bond donors (Lipinski definition) is 2. The SMILES string of the molecule is O=C1CN(C(=O)c2cccc(NC(=O)CC3(N4Cc5ccccc5C4=O)CCCCC3)c2)CCN1. The number of nitrogens with one attached hydrogen (secondary N) is 2. The van der Waals surface area contributed by atoms with Gasteiger partial charge in [0.2, 0.25) is 11.8 Å². The highest BCUT2D eigenvalue weighted by atomic mass is 16.2. The number of fused-ring (bicyclic) bond motifs is 1. The van der Waals surface area contributed by atoms with Gasteiger partial charge in [-0.15, -0.1) is 0 Å². The van der Waals surface area contributed by atoms with Crippen molar-refractivity contribution in [1.29, 1.82) is 0 Å². The number of benzene rings is 2. The first-order valence-electron chi connectivity index (χ1n) is 12.3. The highest BCUT2D eigenvalue weighted by Crippen LogP contribution is 2.41. The number of carbonyl (C=O) groups is 4. The number of piperazine rings is 1. The van der Waals surface area contributed by atoms with Gasteiger partial charge in [0.1, 0.15) is 0 Å². The fourth-order valence-electron chi connectivity index (χ4n) is 5.62. The molecule has 2 aliphatic heterocycles. The van der Waals surface area contributed by atoms with Crippen LogP contribution in [0.5, 0.6) is 0 Å². The first-order chi connectivity index (χ1) is 16.9. The zero-order valence-corrected chi connectivity index (χ0v) is 19.7. The lowest BCUT2D eigenvalue weighted by Crippen LogP contribution is -2.52. The van der Waals surface area contributed by atoms with E-state index in [0.29, 0.717) is 30.9 Å². The van der Waals surface area contributed by atoms with E-state index < -0.39 is 5.54 Å². The fraction of sp³-hybridized carbons (Fsp3) is 0.407. The van der Waals surface area contributed by atoms with Crippen molar-refractivity contribution < 1.29 is 19.2 Å². The summed E-state index contributed by atoms with van der Waals surface area (Å²) in [4.78, 5) is 54.4. The lowest BCUT2D eigenvalue weighted by Gasteiger charge is -2.44. The molecule has 1 saturated carbocycles. The van der Waals surface area contributed by atoms with E-state index in [0.717, 1.165) is 43.2 Å². The monoisotopic (exact) mass is 474 g/mol. The summed E-state index contributed by atoms with van der Waals surface area (Å²) in [5.41, 5.74) is 2.20. The summed E-state index contributed by atoms with van der Waals surface area (Å²) in [6, 6.07) is 14.5. The number of hydrogen-bond acceptors (Lipinski definition) is 4. The van der Waals surface area contributed by atoms with E-state index in [2.05, 4.69) is 10.6 Å². The van der Waals surface area contributed by atoms with Gasteiger partial charge < -0.3 is 20.4 Å². The maximum absolute atomic E-state index is 13.3. The van der Waals surface area contributed by atoms with Gasteiger partial charge in [-0.1, -0.05) is 43.5 Å². The van der Waals surface area contributed by atoms with Crippen molar-refractivity contribution in [2.75, 3.05) is 25.0 Å². The van der Waals surface area contributed by atoms with E-state index in [1.807, 2.05) is 29.2 Å². The Hall–Kier alpha value is -3.68. The second kappa shape index (κ2) is 9.52. The third-order valence-electron chi connectivity index (χ3n) is 7.39. The molecule has 2 fully saturated rings. The molecule has 0 spiro atoms. The number of rotatable bonds is 5. The molecule has 2 heterocycles. The van der Waals surface area contributed by atoms with Crippen LogP contribution >= 0.6 is 0 Å². The minimum Gasteiger partial charge on any atom is -0.353 e. The van der Waals surface area contributed by atoms with E-state index in [9.17, 15) is 19.2 Å². The highest BCUT2D eigenvalue weighted by molar-refractivity contribution is 6.01. The summed E-state index contributed by atoms with van der Waals surface area (Å²) in [5, 5.41) is 5.67. The Labute approximate surface area is 204 Å². The predicted molar refractivity (Wildman–Crippen MR) is 131 cm³/mol. The van der Waals surface area contributed by atoms with Gasteiger partial charge in [-0.05, 0) is 42.7 Å². The molecule has 0 bridgehead atoms. The van der Waals surface area contributed by atoms with E-state index in [4.69, 9.17) is 0 Å². The van der Waals surface area contributed by atoms with Gasteiger partial charge in [0.15, 0.2) is 0 Å². The summed E-state index contributed by atoms with van der Waals surface area (Å²) in [5.74, 6) is -0.573. The second-order valence-corrected chi connectivity index (χ2v) is 9.72. The Bertz CT molecular complexity index is 1170. The Morgan fingerprint density at radius 2 is 1.77 bits per heavy atom. The lowest BCUT2D eigenvalue weighted by atomic mass is 9.77. The van der Waals surface area contributed by atoms with Gasteiger partial charge in [0.05, 0.1) is 18.5 Å². The Morgan fingerprint density at radius 3 is 2.54 bits per heavy atom. The molecule has 1 aliphatic carbocycles. The van der Waals surface area contributed by atoms with Gasteiger partial charge in [0, 0.05) is 36.4 Å². The molecule has 0 radical (unpaired) electrons. The molecule has 0 atom stereocenters. The van der Waals surface area contributed by atoms with Crippen LogP contribution < -0.4 is 10.6 Å². The fourth-order valence-corrected chi connectivity index (χ4v) is 5.62. The Kier molecular flexibility index (Phi) is 6.28. The molecule has 5 rings (SSSR count). The van der Waals surface area contributed by atoms with Crippen LogP contribution in [0.25, 0.3) is 0 Å². The number of carbonyl (C=O) groups excluding carboxylic acids is 4. The number of amides is 4. The van der Waals surface area contributed by atoms with Crippen LogP contribution in [0.4, 0.5) is 5.69 Å². The van der Waals surface area contributed by atoms with Crippen molar-refractivity contribution in [3.05, 3.63) is 65.2 Å². The highest BCUT2D eigenvalue weighted by Gasteiger charge is 2.45. The van der Waals surface area contributed by atoms with E-state index in [1.165, 1.54) is 4.90 Å². The third-order valence-corrected chi connectivity index (χ3v) is 7.39. The molecule has 4 amide bonds. The van der Waals surface area contributed by atoms with Crippen LogP contribution in [-0.4, -0.2) is 58.6 Å². The first-order valence-corrected chi connectivity index (χ1v) is 12.3. The van der Waals surface area contributed by atoms with Crippen molar-refractivity contribution in [2.24, 2.45) is 0 Å². The van der Waals surface area contributed by atoms with E-state index >= 15 is 0 Å². The van der Waals surface area contributed by atoms with Crippen molar-refractivity contribution in [3.8, 4) is 0 Å². The van der Waals surface area contributed by atoms with Gasteiger partial charge in [-0.3, -0.25) is 19.2 Å². The van der Waals surface area contributed by atoms with Gasteiger partial charge in [0.25, 0.3) is 11.8 Å². The summed E-state index contributed by atoms with van der Waals surface area (Å²) < 4.78 is 0. The van der Waals surface area contributed by atoms with Crippen LogP contribution in [0.2, 0.25) is 0 Å². The molecule has 2 aromatic rings. The Morgan fingerprint density at radius 1 is 0.971 bits per heavy atom. The molecule has 2 aromatic carbocycles. The van der Waals surface area contributed by atoms with E-state index in [1.54, 1.807) is 24.3 Å². The third kappa shape index (κ3) is 4.65. The minimum absolute atomic E-state index is 0.00784. The Balaban J connectivity index is 1.30. The maximum atomic E-state index is 13.3. The van der Waals surface area contributed by atoms with Gasteiger partial charge in [-0.25, -0.2) is 0 Å². The summed E-state index contributed by atoms with van der Waals surface area (Å²) in [6.45, 7) is 1.46. The molecular formula is C27H30N4O4. The van der Waals surface area contributed by atoms with Crippen LogP contribution in [0.1, 0.15) is 64.8 Å². The molecule has 2 N–H and O–H groups in total. The largest absolute Gasteiger partial charge is 0.353 e. The molecule has 3 aliphatic rings. The summed E-state index contributed by atoms with van der Waals surface area (Å²) >= 11 is 0. The predicted octanol–water partition coefficient (Wildman–Crippen LogP) is 2.95. The molecule has 8 nitrogen and oxygen atoms in total. The lowest BCUT2D eigenvalue weighted by molar-refractivity contribution is -0.123. The second-order valence-electron chi connectivity index (χ2n) is 9.72. The normalized spacial score (nSPS) is 19.2. The first kappa shape index (κ1) is 23.1. The maximum Gasteiger partial charge on any atom is 0.254 e. The number of nitrogens with zero attached hydrogens (tertiary/aromatic N) is 2. The quantitative estimate of drug-likeness (QED) is 0.696. The smallest absolute Gasteiger partial charge is 0.254 e. The average Bonchev–Trinajstić information content (AvgIpc) is 3.21. The van der Waals surface area contributed by atoms with Crippen LogP contribution in [0, 0.1) is 0 Å². The van der Waals surface area contributed by atoms with Crippen LogP contribution in [-0.2, 0) is 16.1 Å². The zero-order chi connectivity index (χ0) is 24.4.